The Labute approximate surface area is 291 Å². The van der Waals surface area contributed by atoms with Crippen LogP contribution in [0.4, 0.5) is 5.69 Å². The molecule has 8 nitrogen and oxygen atoms in total. The van der Waals surface area contributed by atoms with Crippen molar-refractivity contribution in [1.29, 1.82) is 0 Å². The second kappa shape index (κ2) is 16.7. The van der Waals surface area contributed by atoms with E-state index in [1.807, 2.05) is 87.5 Å². The topological polar surface area (TPSA) is 96.0 Å². The van der Waals surface area contributed by atoms with Gasteiger partial charge in [0.25, 0.3) is 10.0 Å². The van der Waals surface area contributed by atoms with Crippen LogP contribution in [0.5, 0.6) is 5.75 Å². The van der Waals surface area contributed by atoms with Crippen LogP contribution >= 0.6 is 0 Å². The molecule has 0 bridgehead atoms. The Bertz CT molecular complexity index is 1790. The van der Waals surface area contributed by atoms with E-state index in [1.165, 1.54) is 12.1 Å². The predicted octanol–water partition coefficient (Wildman–Crippen LogP) is 6.99. The molecule has 1 aliphatic carbocycles. The van der Waals surface area contributed by atoms with Crippen LogP contribution in [-0.2, 0) is 32.6 Å². The van der Waals surface area contributed by atoms with Crippen molar-refractivity contribution in [3.63, 3.8) is 0 Å². The maximum Gasteiger partial charge on any atom is 0.264 e. The molecular formula is C40H47N3O5S. The lowest BCUT2D eigenvalue weighted by Gasteiger charge is -2.35. The first-order chi connectivity index (χ1) is 23.7. The van der Waals surface area contributed by atoms with Gasteiger partial charge in [-0.05, 0) is 86.7 Å². The van der Waals surface area contributed by atoms with Gasteiger partial charge in [0.05, 0.1) is 17.2 Å². The van der Waals surface area contributed by atoms with Crippen LogP contribution < -0.4 is 14.4 Å². The van der Waals surface area contributed by atoms with Crippen LogP contribution in [-0.4, -0.2) is 50.4 Å². The van der Waals surface area contributed by atoms with Gasteiger partial charge in [0.1, 0.15) is 18.3 Å². The number of hydrogen-bond donors (Lipinski definition) is 1. The molecule has 4 aromatic carbocycles. The van der Waals surface area contributed by atoms with Crippen LogP contribution in [0.25, 0.3) is 0 Å². The van der Waals surface area contributed by atoms with Crippen LogP contribution in [0.15, 0.2) is 108 Å². The second-order valence-corrected chi connectivity index (χ2v) is 14.6. The van der Waals surface area contributed by atoms with Gasteiger partial charge in [-0.1, -0.05) is 91.6 Å². The number of aryl methyl sites for hydroxylation is 2. The number of benzene rings is 4. The van der Waals surface area contributed by atoms with Crippen molar-refractivity contribution in [2.45, 2.75) is 82.8 Å². The lowest BCUT2D eigenvalue weighted by Crippen LogP contribution is -2.55. The summed E-state index contributed by atoms with van der Waals surface area (Å²) in [7, 11) is -4.21. The molecule has 0 heterocycles. The van der Waals surface area contributed by atoms with Gasteiger partial charge in [0, 0.05) is 19.0 Å². The molecule has 1 aliphatic rings. The Morgan fingerprint density at radius 3 is 2.14 bits per heavy atom. The number of nitrogens with zero attached hydrogens (tertiary/aromatic N) is 2. The number of carbonyl (C=O) groups is 2. The average Bonchev–Trinajstić information content (AvgIpc) is 3.11. The molecule has 1 N–H and O–H groups in total. The highest BCUT2D eigenvalue weighted by Crippen LogP contribution is 2.27. The zero-order chi connectivity index (χ0) is 34.8. The van der Waals surface area contributed by atoms with Crippen LogP contribution in [0.1, 0.15) is 61.3 Å². The maximum atomic E-state index is 14.8. The highest BCUT2D eigenvalue weighted by Gasteiger charge is 2.35. The number of nitrogens with one attached hydrogen (secondary N) is 1. The highest BCUT2D eigenvalue weighted by molar-refractivity contribution is 7.92. The SMILES string of the molecule is CCOc1ccc(S(=O)(=O)N(CC(=O)N(Cc2ccccc2C)[C@@H](Cc2ccccc2)C(=O)NC2CCCCC2)c2ccc(C)cc2)cc1. The van der Waals surface area contributed by atoms with Gasteiger partial charge in [-0.2, -0.15) is 0 Å². The van der Waals surface area contributed by atoms with Gasteiger partial charge < -0.3 is 15.0 Å². The van der Waals surface area contributed by atoms with Crippen molar-refractivity contribution in [2.75, 3.05) is 17.5 Å². The quantitative estimate of drug-likeness (QED) is 0.155. The molecule has 0 aromatic heterocycles. The third kappa shape index (κ3) is 9.29. The minimum Gasteiger partial charge on any atom is -0.494 e. The summed E-state index contributed by atoms with van der Waals surface area (Å²) in [6, 6.07) is 29.9. The highest BCUT2D eigenvalue weighted by atomic mass is 32.2. The van der Waals surface area contributed by atoms with Gasteiger partial charge in [-0.3, -0.25) is 13.9 Å². The minimum atomic E-state index is -4.21. The average molecular weight is 682 g/mol. The Kier molecular flexibility index (Phi) is 12.1. The first-order valence-corrected chi connectivity index (χ1v) is 18.6. The first-order valence-electron chi connectivity index (χ1n) is 17.2. The monoisotopic (exact) mass is 681 g/mol. The summed E-state index contributed by atoms with van der Waals surface area (Å²) in [4.78, 5) is 30.7. The molecule has 0 radical (unpaired) electrons. The van der Waals surface area contributed by atoms with E-state index in [1.54, 1.807) is 29.2 Å². The standard InChI is InChI=1S/C40H47N3O5S/c1-4-48-36-23-25-37(26-24-36)49(46,47)43(35-21-19-30(2)20-22-35)29-39(44)42(28-33-16-12-11-13-31(33)3)38(27-32-14-7-5-8-15-32)40(45)41-34-17-9-6-10-18-34/h5,7-8,11-16,19-26,34,38H,4,6,9-10,17-18,27-29H2,1-3H3,(H,41,45)/t38-/m0/s1. The number of sulfonamides is 1. The Hall–Kier alpha value is -4.63. The summed E-state index contributed by atoms with van der Waals surface area (Å²) < 4.78 is 35.4. The van der Waals surface area contributed by atoms with Crippen molar-refractivity contribution < 1.29 is 22.7 Å². The minimum absolute atomic E-state index is 0.0330. The van der Waals surface area contributed by atoms with Crippen molar-refractivity contribution in [1.82, 2.24) is 10.2 Å². The smallest absolute Gasteiger partial charge is 0.264 e. The fraction of sp³-hybridized carbons (Fsp3) is 0.350. The molecule has 0 aliphatic heterocycles. The molecule has 4 aromatic rings. The second-order valence-electron chi connectivity index (χ2n) is 12.7. The van der Waals surface area contributed by atoms with Gasteiger partial charge in [-0.15, -0.1) is 0 Å². The van der Waals surface area contributed by atoms with Crippen LogP contribution in [0.2, 0.25) is 0 Å². The van der Waals surface area contributed by atoms with E-state index in [0.29, 0.717) is 18.0 Å². The summed E-state index contributed by atoms with van der Waals surface area (Å²) in [5.74, 6) is -0.149. The van der Waals surface area contributed by atoms with E-state index < -0.39 is 28.5 Å². The van der Waals surface area contributed by atoms with Gasteiger partial charge >= 0.3 is 0 Å². The molecule has 5 rings (SSSR count). The normalized spacial score (nSPS) is 14.1. The maximum absolute atomic E-state index is 14.8. The number of ether oxygens (including phenoxy) is 1. The molecule has 9 heteroatoms. The number of rotatable bonds is 14. The van der Waals surface area contributed by atoms with Gasteiger partial charge in [0.15, 0.2) is 0 Å². The molecule has 0 unspecified atom stereocenters. The van der Waals surface area contributed by atoms with Gasteiger partial charge in [0.2, 0.25) is 11.8 Å². The molecule has 1 atom stereocenters. The van der Waals surface area contributed by atoms with E-state index in [-0.39, 0.29) is 29.8 Å². The summed E-state index contributed by atoms with van der Waals surface area (Å²) >= 11 is 0. The predicted molar refractivity (Wildman–Crippen MR) is 194 cm³/mol. The summed E-state index contributed by atoms with van der Waals surface area (Å²) in [5.41, 5.74) is 4.08. The Morgan fingerprint density at radius 2 is 1.49 bits per heavy atom. The first kappa shape index (κ1) is 35.7. The molecule has 49 heavy (non-hydrogen) atoms. The summed E-state index contributed by atoms with van der Waals surface area (Å²) in [6.45, 7) is 5.85. The van der Waals surface area contributed by atoms with E-state index >= 15 is 0 Å². The Morgan fingerprint density at radius 1 is 0.837 bits per heavy atom. The fourth-order valence-corrected chi connectivity index (χ4v) is 7.72. The van der Waals surface area contributed by atoms with Crippen LogP contribution in [0.3, 0.4) is 0 Å². The third-order valence-corrected chi connectivity index (χ3v) is 10.9. The molecule has 0 saturated heterocycles. The summed E-state index contributed by atoms with van der Waals surface area (Å²) in [6.07, 6.45) is 5.33. The molecule has 0 spiro atoms. The fourth-order valence-electron chi connectivity index (χ4n) is 6.31. The lowest BCUT2D eigenvalue weighted by atomic mass is 9.94. The number of carbonyl (C=O) groups excluding carboxylic acids is 2. The number of amides is 2. The van der Waals surface area contributed by atoms with Crippen molar-refractivity contribution in [2.24, 2.45) is 0 Å². The summed E-state index contributed by atoms with van der Waals surface area (Å²) in [5, 5.41) is 3.26. The number of hydrogen-bond acceptors (Lipinski definition) is 5. The van der Waals surface area contributed by atoms with Crippen LogP contribution in [0, 0.1) is 13.8 Å². The number of anilines is 1. The molecule has 2 amide bonds. The van der Waals surface area contributed by atoms with Crippen molar-refractivity contribution in [3.8, 4) is 5.75 Å². The van der Waals surface area contributed by atoms with E-state index in [2.05, 4.69) is 5.32 Å². The zero-order valence-corrected chi connectivity index (χ0v) is 29.5. The third-order valence-electron chi connectivity index (χ3n) is 9.15. The van der Waals surface area contributed by atoms with E-state index in [9.17, 15) is 18.0 Å². The van der Waals surface area contributed by atoms with Crippen molar-refractivity contribution >= 4 is 27.5 Å². The largest absolute Gasteiger partial charge is 0.494 e. The lowest BCUT2D eigenvalue weighted by molar-refractivity contribution is -0.140. The van der Waals surface area contributed by atoms with Gasteiger partial charge in [-0.25, -0.2) is 8.42 Å². The molecular weight excluding hydrogens is 635 g/mol. The van der Waals surface area contributed by atoms with Crippen molar-refractivity contribution in [3.05, 3.63) is 125 Å². The van der Waals surface area contributed by atoms with E-state index in [4.69, 9.17) is 4.74 Å². The Balaban J connectivity index is 1.56. The zero-order valence-electron chi connectivity index (χ0n) is 28.7. The molecule has 258 valence electrons. The van der Waals surface area contributed by atoms with E-state index in [0.717, 1.165) is 58.7 Å². The molecule has 1 saturated carbocycles. The molecule has 1 fully saturated rings.